The van der Waals surface area contributed by atoms with Crippen molar-refractivity contribution in [3.05, 3.63) is 11.0 Å². The highest BCUT2D eigenvalue weighted by molar-refractivity contribution is 8.03. The first kappa shape index (κ1) is 11.7. The number of thioether (sulfide) groups is 1. The highest BCUT2D eigenvalue weighted by atomic mass is 32.2. The molecule has 0 saturated carbocycles. The van der Waals surface area contributed by atoms with Crippen molar-refractivity contribution >= 4 is 23.6 Å². The molecule has 2 amide bonds. The topological polar surface area (TPSA) is 37.4 Å². The van der Waals surface area contributed by atoms with E-state index in [0.717, 1.165) is 23.5 Å². The van der Waals surface area contributed by atoms with E-state index in [1.54, 1.807) is 17.8 Å². The zero-order valence-corrected chi connectivity index (χ0v) is 10.8. The van der Waals surface area contributed by atoms with E-state index in [1.165, 1.54) is 4.90 Å². The van der Waals surface area contributed by atoms with Gasteiger partial charge in [-0.05, 0) is 32.4 Å². The first-order valence-electron chi connectivity index (χ1n) is 5.70. The summed E-state index contributed by atoms with van der Waals surface area (Å²) >= 11 is 1.65. The van der Waals surface area contributed by atoms with Crippen LogP contribution in [0.2, 0.25) is 0 Å². The number of hydrogen-bond donors (Lipinski definition) is 0. The van der Waals surface area contributed by atoms with Gasteiger partial charge in [-0.3, -0.25) is 14.5 Å². The molecule has 0 aromatic rings. The molecule has 2 aliphatic rings. The van der Waals surface area contributed by atoms with E-state index in [9.17, 15) is 9.59 Å². The molecular weight excluding hydrogens is 222 g/mol. The lowest BCUT2D eigenvalue weighted by Gasteiger charge is -2.39. The molecule has 1 saturated heterocycles. The van der Waals surface area contributed by atoms with Gasteiger partial charge in [0.1, 0.15) is 0 Å². The van der Waals surface area contributed by atoms with Crippen LogP contribution in [0.4, 0.5) is 0 Å². The van der Waals surface area contributed by atoms with Crippen molar-refractivity contribution in [2.75, 3.05) is 5.75 Å². The Hall–Kier alpha value is -0.770. The van der Waals surface area contributed by atoms with Crippen molar-refractivity contribution < 1.29 is 9.59 Å². The fraction of sp³-hybridized carbons (Fsp3) is 0.667. The molecule has 2 aliphatic heterocycles. The predicted molar refractivity (Wildman–Crippen MR) is 64.9 cm³/mol. The van der Waals surface area contributed by atoms with E-state index in [1.807, 2.05) is 20.8 Å². The molecule has 1 unspecified atom stereocenters. The number of carbonyl (C=O) groups excluding carboxylic acids is 2. The summed E-state index contributed by atoms with van der Waals surface area (Å²) in [5, 5.41) is 0. The number of amides is 2. The highest BCUT2D eigenvalue weighted by Gasteiger charge is 2.43. The third kappa shape index (κ3) is 1.69. The molecule has 16 heavy (non-hydrogen) atoms. The van der Waals surface area contributed by atoms with Gasteiger partial charge >= 0.3 is 0 Å². The smallest absolute Gasteiger partial charge is 0.254 e. The molecule has 2 rings (SSSR count). The van der Waals surface area contributed by atoms with Crippen molar-refractivity contribution in [1.29, 1.82) is 0 Å². The SMILES string of the molecule is CCC(C)(C)N1C(=O)C=C2SCCC2C1=O. The van der Waals surface area contributed by atoms with Gasteiger partial charge in [0.15, 0.2) is 0 Å². The number of imide groups is 1. The summed E-state index contributed by atoms with van der Waals surface area (Å²) in [6, 6.07) is 0. The van der Waals surface area contributed by atoms with Gasteiger partial charge in [-0.1, -0.05) is 6.92 Å². The van der Waals surface area contributed by atoms with Crippen LogP contribution >= 0.6 is 11.8 Å². The Morgan fingerprint density at radius 1 is 1.50 bits per heavy atom. The van der Waals surface area contributed by atoms with Gasteiger partial charge in [0.2, 0.25) is 5.91 Å². The Kier molecular flexibility index (Phi) is 2.86. The molecule has 1 fully saturated rings. The maximum absolute atomic E-state index is 12.3. The minimum Gasteiger partial charge on any atom is -0.274 e. The Morgan fingerprint density at radius 3 is 2.81 bits per heavy atom. The number of rotatable bonds is 2. The van der Waals surface area contributed by atoms with Crippen LogP contribution in [-0.2, 0) is 9.59 Å². The van der Waals surface area contributed by atoms with Gasteiger partial charge < -0.3 is 0 Å². The molecule has 0 bridgehead atoms. The normalized spacial score (nSPS) is 25.8. The van der Waals surface area contributed by atoms with Gasteiger partial charge in [0.25, 0.3) is 5.91 Å². The molecule has 0 aromatic heterocycles. The van der Waals surface area contributed by atoms with E-state index < -0.39 is 0 Å². The van der Waals surface area contributed by atoms with E-state index >= 15 is 0 Å². The van der Waals surface area contributed by atoms with Crippen molar-refractivity contribution in [2.24, 2.45) is 5.92 Å². The molecule has 0 radical (unpaired) electrons. The molecule has 0 N–H and O–H groups in total. The standard InChI is InChI=1S/C12H17NO2S/c1-4-12(2,3)13-10(14)7-9-8(11(13)15)5-6-16-9/h7-8H,4-6H2,1-3H3. The average Bonchev–Trinajstić information content (AvgIpc) is 2.65. The van der Waals surface area contributed by atoms with Crippen molar-refractivity contribution in [3.8, 4) is 0 Å². The summed E-state index contributed by atoms with van der Waals surface area (Å²) in [7, 11) is 0. The van der Waals surface area contributed by atoms with Crippen LogP contribution in [0, 0.1) is 5.92 Å². The van der Waals surface area contributed by atoms with E-state index in [2.05, 4.69) is 0 Å². The van der Waals surface area contributed by atoms with Gasteiger partial charge in [0, 0.05) is 16.5 Å². The minimum absolute atomic E-state index is 0.000602. The summed E-state index contributed by atoms with van der Waals surface area (Å²) in [4.78, 5) is 26.7. The van der Waals surface area contributed by atoms with Crippen LogP contribution in [-0.4, -0.2) is 28.0 Å². The van der Waals surface area contributed by atoms with Gasteiger partial charge in [-0.15, -0.1) is 11.8 Å². The molecule has 88 valence electrons. The first-order valence-corrected chi connectivity index (χ1v) is 6.68. The molecule has 2 heterocycles. The Labute approximate surface area is 100 Å². The number of nitrogens with zero attached hydrogens (tertiary/aromatic N) is 1. The lowest BCUT2D eigenvalue weighted by Crippen LogP contribution is -2.54. The number of fused-ring (bicyclic) bond motifs is 1. The first-order chi connectivity index (χ1) is 7.47. The summed E-state index contributed by atoms with van der Waals surface area (Å²) in [5.74, 6) is 0.765. The fourth-order valence-corrected chi connectivity index (χ4v) is 3.32. The van der Waals surface area contributed by atoms with E-state index in [-0.39, 0.29) is 23.3 Å². The second-order valence-corrected chi connectivity index (χ2v) is 6.08. The lowest BCUT2D eigenvalue weighted by molar-refractivity contribution is -0.151. The maximum Gasteiger partial charge on any atom is 0.254 e. The molecular formula is C12H17NO2S. The van der Waals surface area contributed by atoms with E-state index in [4.69, 9.17) is 0 Å². The van der Waals surface area contributed by atoms with Crippen LogP contribution < -0.4 is 0 Å². The molecule has 0 spiro atoms. The Bertz CT molecular complexity index is 373. The zero-order chi connectivity index (χ0) is 11.9. The maximum atomic E-state index is 12.3. The Morgan fingerprint density at radius 2 is 2.19 bits per heavy atom. The zero-order valence-electron chi connectivity index (χ0n) is 9.95. The second-order valence-electron chi connectivity index (χ2n) is 4.91. The van der Waals surface area contributed by atoms with E-state index in [0.29, 0.717) is 0 Å². The third-order valence-electron chi connectivity index (χ3n) is 3.49. The quantitative estimate of drug-likeness (QED) is 0.693. The molecule has 1 atom stereocenters. The van der Waals surface area contributed by atoms with Crippen LogP contribution in [0.3, 0.4) is 0 Å². The fourth-order valence-electron chi connectivity index (χ4n) is 2.13. The summed E-state index contributed by atoms with van der Waals surface area (Å²) in [6.45, 7) is 5.90. The van der Waals surface area contributed by atoms with Crippen LogP contribution in [0.5, 0.6) is 0 Å². The molecule has 4 heteroatoms. The summed E-state index contributed by atoms with van der Waals surface area (Å²) in [6.07, 6.45) is 3.31. The van der Waals surface area contributed by atoms with Crippen LogP contribution in [0.15, 0.2) is 11.0 Å². The molecule has 3 nitrogen and oxygen atoms in total. The highest BCUT2D eigenvalue weighted by Crippen LogP contribution is 2.41. The average molecular weight is 239 g/mol. The summed E-state index contributed by atoms with van der Waals surface area (Å²) < 4.78 is 0. The minimum atomic E-state index is -0.372. The largest absolute Gasteiger partial charge is 0.274 e. The van der Waals surface area contributed by atoms with Crippen molar-refractivity contribution in [2.45, 2.75) is 39.2 Å². The Balaban J connectivity index is 2.36. The second kappa shape index (κ2) is 3.91. The van der Waals surface area contributed by atoms with Gasteiger partial charge in [-0.2, -0.15) is 0 Å². The summed E-state index contributed by atoms with van der Waals surface area (Å²) in [5.41, 5.74) is -0.372. The third-order valence-corrected chi connectivity index (χ3v) is 4.67. The van der Waals surface area contributed by atoms with Crippen LogP contribution in [0.25, 0.3) is 0 Å². The van der Waals surface area contributed by atoms with Gasteiger partial charge in [-0.25, -0.2) is 0 Å². The van der Waals surface area contributed by atoms with Gasteiger partial charge in [0.05, 0.1) is 5.92 Å². The van der Waals surface area contributed by atoms with Crippen LogP contribution in [0.1, 0.15) is 33.6 Å². The number of hydrogen-bond acceptors (Lipinski definition) is 3. The molecule has 0 aromatic carbocycles. The predicted octanol–water partition coefficient (Wildman–Crippen LogP) is 2.18. The monoisotopic (exact) mass is 239 g/mol. The van der Waals surface area contributed by atoms with Crippen molar-refractivity contribution in [1.82, 2.24) is 4.90 Å². The molecule has 0 aliphatic carbocycles. The van der Waals surface area contributed by atoms with Crippen molar-refractivity contribution in [3.63, 3.8) is 0 Å². The lowest BCUT2D eigenvalue weighted by atomic mass is 9.92. The number of carbonyl (C=O) groups is 2.